The molecule has 1 atom stereocenters. The Labute approximate surface area is 89.5 Å². The van der Waals surface area contributed by atoms with Gasteiger partial charge in [-0.25, -0.2) is 4.79 Å². The molecule has 1 rings (SSSR count). The zero-order valence-electron chi connectivity index (χ0n) is 8.79. The Balaban J connectivity index is 2.81. The van der Waals surface area contributed by atoms with Gasteiger partial charge in [-0.1, -0.05) is 24.8 Å². The molecule has 0 aromatic heterocycles. The molecule has 0 aromatic rings. The fourth-order valence-corrected chi connectivity index (χ4v) is 1.36. The lowest BCUT2D eigenvalue weighted by Gasteiger charge is -2.30. The average molecular weight is 205 g/mol. The van der Waals surface area contributed by atoms with Gasteiger partial charge in [0.05, 0.1) is 5.54 Å². The molecular formula is C12H15NO2. The van der Waals surface area contributed by atoms with Crippen LogP contribution in [0.5, 0.6) is 0 Å². The van der Waals surface area contributed by atoms with Gasteiger partial charge in [0.2, 0.25) is 0 Å². The van der Waals surface area contributed by atoms with Crippen LogP contribution in [-0.4, -0.2) is 16.6 Å². The van der Waals surface area contributed by atoms with Crippen LogP contribution in [0.15, 0.2) is 48.7 Å². The largest absolute Gasteiger partial charge is 0.478 e. The van der Waals surface area contributed by atoms with Crippen LogP contribution in [0.4, 0.5) is 0 Å². The molecule has 0 amide bonds. The summed E-state index contributed by atoms with van der Waals surface area (Å²) in [6.45, 7) is 9.20. The van der Waals surface area contributed by atoms with E-state index >= 15 is 0 Å². The molecule has 1 heterocycles. The highest BCUT2D eigenvalue weighted by molar-refractivity contribution is 5.86. The van der Waals surface area contributed by atoms with Crippen molar-refractivity contribution < 1.29 is 9.90 Å². The monoisotopic (exact) mass is 205 g/mol. The quantitative estimate of drug-likeness (QED) is 0.545. The summed E-state index contributed by atoms with van der Waals surface area (Å²) < 4.78 is 0. The molecule has 1 unspecified atom stereocenters. The van der Waals surface area contributed by atoms with Crippen molar-refractivity contribution in [3.63, 3.8) is 0 Å². The van der Waals surface area contributed by atoms with Crippen LogP contribution in [0.25, 0.3) is 0 Å². The zero-order chi connectivity index (χ0) is 11.5. The molecule has 1 aliphatic rings. The molecule has 3 nitrogen and oxygen atoms in total. The molecule has 0 radical (unpaired) electrons. The van der Waals surface area contributed by atoms with Crippen molar-refractivity contribution >= 4 is 5.97 Å². The second-order valence-corrected chi connectivity index (χ2v) is 3.70. The van der Waals surface area contributed by atoms with E-state index in [0.29, 0.717) is 6.42 Å². The minimum absolute atomic E-state index is 0.167. The molecule has 3 heteroatoms. The van der Waals surface area contributed by atoms with Gasteiger partial charge in [0.1, 0.15) is 0 Å². The average Bonchev–Trinajstić information content (AvgIpc) is 2.21. The van der Waals surface area contributed by atoms with E-state index in [-0.39, 0.29) is 5.57 Å². The van der Waals surface area contributed by atoms with Gasteiger partial charge >= 0.3 is 5.97 Å². The lowest BCUT2D eigenvalue weighted by molar-refractivity contribution is -0.132. The molecule has 1 aliphatic heterocycles. The van der Waals surface area contributed by atoms with E-state index < -0.39 is 11.5 Å². The van der Waals surface area contributed by atoms with E-state index in [4.69, 9.17) is 5.11 Å². The SMILES string of the molecule is C=CC1(CC(=C)C(=O)O)C=CC(C)=CN1. The standard InChI is InChI=1S/C12H15NO2/c1-4-12(7-10(3)11(14)15)6-5-9(2)8-13-12/h4-6,8,13H,1,3,7H2,2H3,(H,14,15). The summed E-state index contributed by atoms with van der Waals surface area (Å²) in [5, 5.41) is 11.9. The minimum atomic E-state index is -0.974. The Morgan fingerprint density at radius 2 is 2.40 bits per heavy atom. The fraction of sp³-hybridized carbons (Fsp3) is 0.250. The molecule has 0 saturated carbocycles. The predicted octanol–water partition coefficient (Wildman–Crippen LogP) is 2.01. The van der Waals surface area contributed by atoms with Crippen LogP contribution in [0.3, 0.4) is 0 Å². The third-order valence-electron chi connectivity index (χ3n) is 2.38. The van der Waals surface area contributed by atoms with Gasteiger partial charge in [-0.15, -0.1) is 6.58 Å². The van der Waals surface area contributed by atoms with Gasteiger partial charge in [0.15, 0.2) is 0 Å². The van der Waals surface area contributed by atoms with Crippen molar-refractivity contribution in [3.05, 3.63) is 48.7 Å². The smallest absolute Gasteiger partial charge is 0.331 e. The molecule has 0 aliphatic carbocycles. The Hall–Kier alpha value is -1.77. The van der Waals surface area contributed by atoms with Crippen LogP contribution in [0.2, 0.25) is 0 Å². The highest BCUT2D eigenvalue weighted by atomic mass is 16.4. The van der Waals surface area contributed by atoms with Crippen LogP contribution >= 0.6 is 0 Å². The maximum absolute atomic E-state index is 10.7. The third-order valence-corrected chi connectivity index (χ3v) is 2.38. The van der Waals surface area contributed by atoms with Gasteiger partial charge in [0, 0.05) is 18.2 Å². The number of dihydropyridines is 1. The third kappa shape index (κ3) is 2.59. The lowest BCUT2D eigenvalue weighted by atomic mass is 9.88. The van der Waals surface area contributed by atoms with Crippen LogP contribution in [-0.2, 0) is 4.79 Å². The summed E-state index contributed by atoms with van der Waals surface area (Å²) in [4.78, 5) is 10.7. The van der Waals surface area contributed by atoms with E-state index in [1.807, 2.05) is 25.3 Å². The number of carboxylic acid groups (broad SMARTS) is 1. The van der Waals surface area contributed by atoms with Gasteiger partial charge in [-0.2, -0.15) is 0 Å². The molecule has 0 aromatic carbocycles. The van der Waals surface area contributed by atoms with Crippen molar-refractivity contribution in [3.8, 4) is 0 Å². The maximum atomic E-state index is 10.7. The highest BCUT2D eigenvalue weighted by Gasteiger charge is 2.26. The number of nitrogens with one attached hydrogen (secondary N) is 1. The van der Waals surface area contributed by atoms with Gasteiger partial charge < -0.3 is 10.4 Å². The second-order valence-electron chi connectivity index (χ2n) is 3.70. The number of carbonyl (C=O) groups is 1. The second kappa shape index (κ2) is 4.17. The molecule has 0 fully saturated rings. The Kier molecular flexibility index (Phi) is 3.14. The highest BCUT2D eigenvalue weighted by Crippen LogP contribution is 2.23. The number of aliphatic carboxylic acids is 1. The first-order chi connectivity index (χ1) is 6.99. The first kappa shape index (κ1) is 11.3. The number of hydrogen-bond acceptors (Lipinski definition) is 2. The first-order valence-corrected chi connectivity index (χ1v) is 4.67. The molecule has 0 spiro atoms. The summed E-state index contributed by atoms with van der Waals surface area (Å²) >= 11 is 0. The summed E-state index contributed by atoms with van der Waals surface area (Å²) in [5.41, 5.74) is 0.739. The van der Waals surface area contributed by atoms with Gasteiger partial charge in [-0.05, 0) is 12.5 Å². The molecule has 15 heavy (non-hydrogen) atoms. The fourth-order valence-electron chi connectivity index (χ4n) is 1.36. The molecule has 0 bridgehead atoms. The Bertz CT molecular complexity index is 366. The van der Waals surface area contributed by atoms with Gasteiger partial charge in [0.25, 0.3) is 0 Å². The summed E-state index contributed by atoms with van der Waals surface area (Å²) in [6.07, 6.45) is 7.69. The van der Waals surface area contributed by atoms with E-state index in [1.165, 1.54) is 0 Å². The van der Waals surface area contributed by atoms with Crippen LogP contribution in [0.1, 0.15) is 13.3 Å². The van der Waals surface area contributed by atoms with Crippen LogP contribution < -0.4 is 5.32 Å². The normalized spacial score (nSPS) is 23.9. The summed E-state index contributed by atoms with van der Waals surface area (Å²) in [6, 6.07) is 0. The van der Waals surface area contributed by atoms with Crippen molar-refractivity contribution in [2.75, 3.05) is 0 Å². The topological polar surface area (TPSA) is 49.3 Å². The van der Waals surface area contributed by atoms with E-state index in [1.54, 1.807) is 6.08 Å². The molecule has 0 saturated heterocycles. The maximum Gasteiger partial charge on any atom is 0.331 e. The molecule has 2 N–H and O–H groups in total. The van der Waals surface area contributed by atoms with Gasteiger partial charge in [-0.3, -0.25) is 0 Å². The zero-order valence-corrected chi connectivity index (χ0v) is 8.79. The van der Waals surface area contributed by atoms with E-state index in [2.05, 4.69) is 18.5 Å². The Morgan fingerprint density at radius 1 is 1.73 bits per heavy atom. The van der Waals surface area contributed by atoms with Crippen molar-refractivity contribution in [1.82, 2.24) is 5.32 Å². The molecule has 80 valence electrons. The number of hydrogen-bond donors (Lipinski definition) is 2. The summed E-state index contributed by atoms with van der Waals surface area (Å²) in [5.74, 6) is -0.974. The van der Waals surface area contributed by atoms with Crippen molar-refractivity contribution in [2.24, 2.45) is 0 Å². The number of rotatable bonds is 4. The first-order valence-electron chi connectivity index (χ1n) is 4.67. The number of carboxylic acids is 1. The van der Waals surface area contributed by atoms with Crippen molar-refractivity contribution in [2.45, 2.75) is 18.9 Å². The summed E-state index contributed by atoms with van der Waals surface area (Å²) in [7, 11) is 0. The predicted molar refractivity (Wildman–Crippen MR) is 60.4 cm³/mol. The van der Waals surface area contributed by atoms with E-state index in [9.17, 15) is 4.79 Å². The van der Waals surface area contributed by atoms with Crippen LogP contribution in [0, 0.1) is 0 Å². The van der Waals surface area contributed by atoms with Crippen molar-refractivity contribution in [1.29, 1.82) is 0 Å². The molecular weight excluding hydrogens is 190 g/mol. The van der Waals surface area contributed by atoms with E-state index in [0.717, 1.165) is 5.57 Å². The Morgan fingerprint density at radius 3 is 2.80 bits per heavy atom. The lowest BCUT2D eigenvalue weighted by Crippen LogP contribution is -2.40. The minimum Gasteiger partial charge on any atom is -0.478 e. The number of allylic oxidation sites excluding steroid dienone is 2.